The predicted octanol–water partition coefficient (Wildman–Crippen LogP) is 4.09. The van der Waals surface area contributed by atoms with Crippen molar-refractivity contribution < 1.29 is 28.6 Å². The minimum atomic E-state index is -1.14. The first-order valence-corrected chi connectivity index (χ1v) is 10.2. The Morgan fingerprint density at radius 2 is 2.00 bits per heavy atom. The van der Waals surface area contributed by atoms with Crippen LogP contribution in [0.4, 0.5) is 4.39 Å². The van der Waals surface area contributed by atoms with Crippen LogP contribution in [0.5, 0.6) is 11.5 Å². The molecule has 1 saturated heterocycles. The third-order valence-electron chi connectivity index (χ3n) is 4.07. The number of rotatable bonds is 8. The van der Waals surface area contributed by atoms with Crippen molar-refractivity contribution in [1.29, 1.82) is 0 Å². The van der Waals surface area contributed by atoms with Gasteiger partial charge in [-0.05, 0) is 36.8 Å². The fourth-order valence-corrected chi connectivity index (χ4v) is 3.95. The Bertz CT molecular complexity index is 1020. The lowest BCUT2D eigenvalue weighted by atomic mass is 10.1. The van der Waals surface area contributed by atoms with Crippen LogP contribution in [0, 0.1) is 5.82 Å². The molecule has 2 aromatic rings. The number of carboxylic acids is 1. The minimum absolute atomic E-state index is 0.0416. The van der Waals surface area contributed by atoms with Crippen LogP contribution in [-0.2, 0) is 16.2 Å². The Kier molecular flexibility index (Phi) is 7.07. The quantitative estimate of drug-likeness (QED) is 0.483. The summed E-state index contributed by atoms with van der Waals surface area (Å²) in [6, 6.07) is 11.4. The summed E-state index contributed by atoms with van der Waals surface area (Å²) in [4.78, 5) is 24.7. The van der Waals surface area contributed by atoms with Gasteiger partial charge in [0.25, 0.3) is 5.91 Å². The van der Waals surface area contributed by atoms with Gasteiger partial charge in [0, 0.05) is 5.56 Å². The van der Waals surface area contributed by atoms with E-state index in [4.69, 9.17) is 26.8 Å². The Morgan fingerprint density at radius 1 is 1.23 bits per heavy atom. The fraction of sp³-hybridized carbons (Fsp3) is 0.190. The highest BCUT2D eigenvalue weighted by Gasteiger charge is 2.33. The van der Waals surface area contributed by atoms with E-state index >= 15 is 0 Å². The van der Waals surface area contributed by atoms with Gasteiger partial charge in [0.15, 0.2) is 11.5 Å². The molecule has 1 N–H and O–H groups in total. The summed E-state index contributed by atoms with van der Waals surface area (Å²) in [6.45, 7) is 1.78. The summed E-state index contributed by atoms with van der Waals surface area (Å²) in [5.74, 6) is -1.05. The number of hydrogen-bond acceptors (Lipinski definition) is 6. The molecular formula is C21H18FNO5S2. The van der Waals surface area contributed by atoms with E-state index in [0.717, 1.165) is 16.7 Å². The molecule has 1 aliphatic rings. The third-order valence-corrected chi connectivity index (χ3v) is 5.45. The maximum absolute atomic E-state index is 13.8. The Balaban J connectivity index is 1.80. The minimum Gasteiger partial charge on any atom is -0.490 e. The Morgan fingerprint density at radius 3 is 2.70 bits per heavy atom. The highest BCUT2D eigenvalue weighted by Crippen LogP contribution is 2.35. The number of thioether (sulfide) groups is 1. The van der Waals surface area contributed by atoms with Crippen LogP contribution in [0.15, 0.2) is 47.4 Å². The molecule has 6 nitrogen and oxygen atoms in total. The highest BCUT2D eigenvalue weighted by molar-refractivity contribution is 8.26. The smallest absolute Gasteiger partial charge is 0.323 e. The first-order chi connectivity index (χ1) is 14.4. The Labute approximate surface area is 182 Å². The second-order valence-electron chi connectivity index (χ2n) is 6.18. The standard InChI is InChI=1S/C21H18FNO5S2/c1-2-27-17-9-13(10-18-20(26)23(11-19(24)25)21(29)30-18)7-8-16(17)28-12-14-5-3-4-6-15(14)22/h3-10H,2,11-12H2,1H3,(H,24,25). The van der Waals surface area contributed by atoms with Gasteiger partial charge in [-0.2, -0.15) is 0 Å². The molecule has 0 bridgehead atoms. The SMILES string of the molecule is CCOc1cc(C=C2SC(=S)N(CC(=O)O)C2=O)ccc1OCc1ccccc1F. The van der Waals surface area contributed by atoms with E-state index < -0.39 is 18.4 Å². The number of amides is 1. The van der Waals surface area contributed by atoms with Gasteiger partial charge in [-0.15, -0.1) is 0 Å². The molecule has 1 amide bonds. The van der Waals surface area contributed by atoms with Crippen LogP contribution in [0.2, 0.25) is 0 Å². The van der Waals surface area contributed by atoms with E-state index in [1.165, 1.54) is 6.07 Å². The molecule has 0 unspecified atom stereocenters. The molecule has 1 heterocycles. The average molecular weight is 448 g/mol. The molecule has 9 heteroatoms. The maximum Gasteiger partial charge on any atom is 0.323 e. The molecular weight excluding hydrogens is 429 g/mol. The van der Waals surface area contributed by atoms with Crippen LogP contribution >= 0.6 is 24.0 Å². The number of aliphatic carboxylic acids is 1. The zero-order valence-corrected chi connectivity index (χ0v) is 17.6. The van der Waals surface area contributed by atoms with E-state index in [0.29, 0.717) is 34.1 Å². The van der Waals surface area contributed by atoms with Gasteiger partial charge in [0.1, 0.15) is 23.3 Å². The number of hydrogen-bond donors (Lipinski definition) is 1. The van der Waals surface area contributed by atoms with Crippen LogP contribution in [0.3, 0.4) is 0 Å². The lowest BCUT2D eigenvalue weighted by Crippen LogP contribution is -2.33. The molecule has 0 saturated carbocycles. The van der Waals surface area contributed by atoms with Gasteiger partial charge in [0.05, 0.1) is 11.5 Å². The van der Waals surface area contributed by atoms with Crippen LogP contribution in [-0.4, -0.2) is 39.4 Å². The second-order valence-corrected chi connectivity index (χ2v) is 7.86. The molecule has 0 aromatic heterocycles. The van der Waals surface area contributed by atoms with Crippen molar-refractivity contribution in [2.75, 3.05) is 13.2 Å². The van der Waals surface area contributed by atoms with Gasteiger partial charge in [-0.25, -0.2) is 4.39 Å². The number of carbonyl (C=O) groups excluding carboxylic acids is 1. The van der Waals surface area contributed by atoms with Crippen molar-refractivity contribution in [3.05, 3.63) is 64.3 Å². The van der Waals surface area contributed by atoms with E-state index in [1.54, 1.807) is 42.5 Å². The van der Waals surface area contributed by atoms with Gasteiger partial charge < -0.3 is 14.6 Å². The van der Waals surface area contributed by atoms with Crippen molar-refractivity contribution in [1.82, 2.24) is 4.90 Å². The molecule has 0 radical (unpaired) electrons. The van der Waals surface area contributed by atoms with E-state index in [-0.39, 0.29) is 16.7 Å². The topological polar surface area (TPSA) is 76.1 Å². The molecule has 0 spiro atoms. The Hall–Kier alpha value is -2.91. The van der Waals surface area contributed by atoms with Crippen molar-refractivity contribution in [3.8, 4) is 11.5 Å². The van der Waals surface area contributed by atoms with Gasteiger partial charge in [0.2, 0.25) is 0 Å². The molecule has 0 aliphatic carbocycles. The number of nitrogens with zero attached hydrogens (tertiary/aromatic N) is 1. The molecule has 156 valence electrons. The monoisotopic (exact) mass is 447 g/mol. The summed E-state index contributed by atoms with van der Waals surface area (Å²) in [6.07, 6.45) is 1.62. The lowest BCUT2D eigenvalue weighted by Gasteiger charge is -2.13. The largest absolute Gasteiger partial charge is 0.490 e. The van der Waals surface area contributed by atoms with Crippen LogP contribution < -0.4 is 9.47 Å². The van der Waals surface area contributed by atoms with Gasteiger partial charge >= 0.3 is 5.97 Å². The zero-order chi connectivity index (χ0) is 21.7. The predicted molar refractivity (Wildman–Crippen MR) is 116 cm³/mol. The third kappa shape index (κ3) is 5.17. The summed E-state index contributed by atoms with van der Waals surface area (Å²) < 4.78 is 25.4. The first-order valence-electron chi connectivity index (χ1n) is 8.99. The molecule has 2 aromatic carbocycles. The average Bonchev–Trinajstić information content (AvgIpc) is 2.96. The van der Waals surface area contributed by atoms with Crippen molar-refractivity contribution in [2.24, 2.45) is 0 Å². The fourth-order valence-electron chi connectivity index (χ4n) is 2.70. The summed E-state index contributed by atoms with van der Waals surface area (Å²) in [5, 5.41) is 8.93. The first kappa shape index (κ1) is 21.8. The van der Waals surface area contributed by atoms with Gasteiger partial charge in [-0.3, -0.25) is 14.5 Å². The van der Waals surface area contributed by atoms with E-state index in [1.807, 2.05) is 6.92 Å². The summed E-state index contributed by atoms with van der Waals surface area (Å²) in [7, 11) is 0. The molecule has 1 fully saturated rings. The second kappa shape index (κ2) is 9.73. The van der Waals surface area contributed by atoms with Gasteiger partial charge in [-0.1, -0.05) is 48.2 Å². The maximum atomic E-state index is 13.8. The lowest BCUT2D eigenvalue weighted by molar-refractivity contribution is -0.140. The number of halogens is 1. The van der Waals surface area contributed by atoms with E-state index in [9.17, 15) is 14.0 Å². The molecule has 30 heavy (non-hydrogen) atoms. The number of carboxylic acid groups (broad SMARTS) is 1. The number of carbonyl (C=O) groups is 2. The van der Waals surface area contributed by atoms with Crippen molar-refractivity contribution in [3.63, 3.8) is 0 Å². The number of thiocarbonyl (C=S) groups is 1. The molecule has 0 atom stereocenters. The number of ether oxygens (including phenoxy) is 2. The zero-order valence-electron chi connectivity index (χ0n) is 16.0. The van der Waals surface area contributed by atoms with Crippen LogP contribution in [0.1, 0.15) is 18.1 Å². The van der Waals surface area contributed by atoms with Crippen molar-refractivity contribution >= 4 is 46.3 Å². The van der Waals surface area contributed by atoms with Crippen LogP contribution in [0.25, 0.3) is 6.08 Å². The highest BCUT2D eigenvalue weighted by atomic mass is 32.2. The van der Waals surface area contributed by atoms with Crippen molar-refractivity contribution in [2.45, 2.75) is 13.5 Å². The number of benzene rings is 2. The summed E-state index contributed by atoms with van der Waals surface area (Å²) in [5.41, 5.74) is 1.08. The normalized spacial score (nSPS) is 15.0. The van der Waals surface area contributed by atoms with E-state index in [2.05, 4.69) is 0 Å². The molecule has 3 rings (SSSR count). The summed E-state index contributed by atoms with van der Waals surface area (Å²) >= 11 is 6.14. The molecule has 1 aliphatic heterocycles.